The van der Waals surface area contributed by atoms with Crippen LogP contribution in [0.5, 0.6) is 0 Å². The predicted molar refractivity (Wildman–Crippen MR) is 52.7 cm³/mol. The van der Waals surface area contributed by atoms with Gasteiger partial charge in [-0.2, -0.15) is 12.6 Å². The average molecular weight is 205 g/mol. The molecule has 0 aliphatic carbocycles. The van der Waals surface area contributed by atoms with Crippen molar-refractivity contribution >= 4 is 24.5 Å². The van der Waals surface area contributed by atoms with Crippen LogP contribution in [0, 0.1) is 5.41 Å². The highest BCUT2D eigenvalue weighted by atomic mass is 32.1. The summed E-state index contributed by atoms with van der Waals surface area (Å²) in [7, 11) is 1.28. The van der Waals surface area contributed by atoms with Gasteiger partial charge in [0, 0.05) is 5.75 Å². The Kier molecular flexibility index (Phi) is 4.83. The van der Waals surface area contributed by atoms with Crippen LogP contribution in [0.25, 0.3) is 0 Å². The van der Waals surface area contributed by atoms with Crippen LogP contribution in [0.1, 0.15) is 13.8 Å². The lowest BCUT2D eigenvalue weighted by Gasteiger charge is -2.20. The molecule has 0 fully saturated rings. The molecule has 0 heterocycles. The Morgan fingerprint density at radius 1 is 1.46 bits per heavy atom. The topological polar surface area (TPSA) is 55.4 Å². The second kappa shape index (κ2) is 5.11. The van der Waals surface area contributed by atoms with Crippen molar-refractivity contribution in [2.75, 3.05) is 19.4 Å². The van der Waals surface area contributed by atoms with E-state index in [0.29, 0.717) is 5.75 Å². The third kappa shape index (κ3) is 4.17. The first kappa shape index (κ1) is 12.3. The Labute approximate surface area is 83.4 Å². The molecule has 5 heteroatoms. The van der Waals surface area contributed by atoms with E-state index in [4.69, 9.17) is 0 Å². The second-order valence-corrected chi connectivity index (χ2v) is 3.62. The van der Waals surface area contributed by atoms with Gasteiger partial charge in [0.05, 0.1) is 12.5 Å². The van der Waals surface area contributed by atoms with Gasteiger partial charge in [-0.15, -0.1) is 0 Å². The lowest BCUT2D eigenvalue weighted by Crippen LogP contribution is -2.40. The van der Waals surface area contributed by atoms with E-state index >= 15 is 0 Å². The molecule has 0 aromatic carbocycles. The highest BCUT2D eigenvalue weighted by molar-refractivity contribution is 7.80. The van der Waals surface area contributed by atoms with Crippen molar-refractivity contribution in [3.63, 3.8) is 0 Å². The van der Waals surface area contributed by atoms with E-state index in [1.807, 2.05) is 0 Å². The maximum Gasteiger partial charge on any atom is 0.325 e. The zero-order valence-electron chi connectivity index (χ0n) is 8.09. The highest BCUT2D eigenvalue weighted by Gasteiger charge is 2.25. The lowest BCUT2D eigenvalue weighted by atomic mass is 9.95. The fourth-order valence-corrected chi connectivity index (χ4v) is 0.679. The van der Waals surface area contributed by atoms with Crippen LogP contribution in [0.3, 0.4) is 0 Å². The van der Waals surface area contributed by atoms with E-state index in [0.717, 1.165) is 0 Å². The molecule has 0 spiro atoms. The average Bonchev–Trinajstić information content (AvgIpc) is 2.13. The molecule has 13 heavy (non-hydrogen) atoms. The van der Waals surface area contributed by atoms with Crippen LogP contribution in [0.4, 0.5) is 0 Å². The lowest BCUT2D eigenvalue weighted by molar-refractivity contribution is -0.142. The smallest absolute Gasteiger partial charge is 0.325 e. The van der Waals surface area contributed by atoms with Gasteiger partial charge in [0.2, 0.25) is 5.91 Å². The molecule has 0 aliphatic rings. The molecule has 0 saturated heterocycles. The highest BCUT2D eigenvalue weighted by Crippen LogP contribution is 2.16. The maximum atomic E-state index is 11.3. The minimum Gasteiger partial charge on any atom is -0.468 e. The SMILES string of the molecule is COC(=O)CNC(=O)C(C)(C)CS. The minimum atomic E-state index is -0.558. The summed E-state index contributed by atoms with van der Waals surface area (Å²) in [6.07, 6.45) is 0. The molecule has 0 aromatic rings. The van der Waals surface area contributed by atoms with E-state index in [1.165, 1.54) is 7.11 Å². The molecule has 0 saturated carbocycles. The van der Waals surface area contributed by atoms with Crippen LogP contribution in [0.2, 0.25) is 0 Å². The zero-order valence-corrected chi connectivity index (χ0v) is 8.98. The summed E-state index contributed by atoms with van der Waals surface area (Å²) in [5.41, 5.74) is -0.558. The minimum absolute atomic E-state index is 0.0907. The summed E-state index contributed by atoms with van der Waals surface area (Å²) >= 11 is 4.03. The largest absolute Gasteiger partial charge is 0.468 e. The van der Waals surface area contributed by atoms with Crippen LogP contribution >= 0.6 is 12.6 Å². The summed E-state index contributed by atoms with van der Waals surface area (Å²) in [5, 5.41) is 2.46. The Bertz CT molecular complexity index is 204. The monoisotopic (exact) mass is 205 g/mol. The molecular formula is C8H15NO3S. The van der Waals surface area contributed by atoms with Gasteiger partial charge in [0.25, 0.3) is 0 Å². The van der Waals surface area contributed by atoms with E-state index in [1.54, 1.807) is 13.8 Å². The summed E-state index contributed by atoms with van der Waals surface area (Å²) in [5.74, 6) is -0.226. The number of carbonyl (C=O) groups excluding carboxylic acids is 2. The Morgan fingerprint density at radius 3 is 2.38 bits per heavy atom. The van der Waals surface area contributed by atoms with Crippen molar-refractivity contribution in [3.8, 4) is 0 Å². The van der Waals surface area contributed by atoms with Gasteiger partial charge < -0.3 is 10.1 Å². The van der Waals surface area contributed by atoms with Gasteiger partial charge in [0.1, 0.15) is 6.54 Å². The maximum absolute atomic E-state index is 11.3. The Hall–Kier alpha value is -0.710. The van der Waals surface area contributed by atoms with Gasteiger partial charge in [-0.3, -0.25) is 9.59 Å². The molecule has 0 aliphatic heterocycles. The summed E-state index contributed by atoms with van der Waals surface area (Å²) < 4.78 is 4.37. The number of hydrogen-bond acceptors (Lipinski definition) is 4. The van der Waals surface area contributed by atoms with Crippen LogP contribution < -0.4 is 5.32 Å². The van der Waals surface area contributed by atoms with Crippen molar-refractivity contribution < 1.29 is 14.3 Å². The molecule has 1 N–H and O–H groups in total. The number of nitrogens with one attached hydrogen (secondary N) is 1. The summed E-state index contributed by atoms with van der Waals surface area (Å²) in [4.78, 5) is 22.0. The molecule has 0 radical (unpaired) electrons. The van der Waals surface area contributed by atoms with Crippen LogP contribution in [0.15, 0.2) is 0 Å². The third-order valence-electron chi connectivity index (χ3n) is 1.63. The summed E-state index contributed by atoms with van der Waals surface area (Å²) in [6, 6.07) is 0. The van der Waals surface area contributed by atoms with Crippen molar-refractivity contribution in [1.82, 2.24) is 5.32 Å². The molecule has 0 bridgehead atoms. The molecular weight excluding hydrogens is 190 g/mol. The van der Waals surface area contributed by atoms with Crippen molar-refractivity contribution in [1.29, 1.82) is 0 Å². The molecule has 0 unspecified atom stereocenters. The molecule has 0 atom stereocenters. The predicted octanol–water partition coefficient (Wildman–Crippen LogP) is 0.232. The number of methoxy groups -OCH3 is 1. The quantitative estimate of drug-likeness (QED) is 0.510. The fourth-order valence-electron chi connectivity index (χ4n) is 0.536. The van der Waals surface area contributed by atoms with Gasteiger partial charge in [-0.1, -0.05) is 13.8 Å². The number of amides is 1. The first-order chi connectivity index (χ1) is 5.94. The molecule has 0 rings (SSSR count). The van der Waals surface area contributed by atoms with E-state index in [-0.39, 0.29) is 12.5 Å². The van der Waals surface area contributed by atoms with Gasteiger partial charge >= 0.3 is 5.97 Å². The van der Waals surface area contributed by atoms with Gasteiger partial charge in [-0.25, -0.2) is 0 Å². The first-order valence-electron chi connectivity index (χ1n) is 3.90. The second-order valence-electron chi connectivity index (χ2n) is 3.30. The number of esters is 1. The number of hydrogen-bond donors (Lipinski definition) is 2. The van der Waals surface area contributed by atoms with Gasteiger partial charge in [0.15, 0.2) is 0 Å². The Balaban J connectivity index is 3.95. The van der Waals surface area contributed by atoms with Gasteiger partial charge in [-0.05, 0) is 0 Å². The molecule has 4 nitrogen and oxygen atoms in total. The van der Waals surface area contributed by atoms with Crippen LogP contribution in [-0.2, 0) is 14.3 Å². The van der Waals surface area contributed by atoms with Crippen molar-refractivity contribution in [2.45, 2.75) is 13.8 Å². The molecule has 76 valence electrons. The number of rotatable bonds is 4. The Morgan fingerprint density at radius 2 is 2.00 bits per heavy atom. The number of ether oxygens (including phenoxy) is 1. The summed E-state index contributed by atoms with van der Waals surface area (Å²) in [6.45, 7) is 3.42. The number of thiol groups is 1. The normalized spacial score (nSPS) is 10.8. The van der Waals surface area contributed by atoms with Crippen molar-refractivity contribution in [3.05, 3.63) is 0 Å². The van der Waals surface area contributed by atoms with E-state index in [2.05, 4.69) is 22.7 Å². The first-order valence-corrected chi connectivity index (χ1v) is 4.53. The van der Waals surface area contributed by atoms with E-state index in [9.17, 15) is 9.59 Å². The van der Waals surface area contributed by atoms with E-state index < -0.39 is 11.4 Å². The molecule has 0 aromatic heterocycles. The zero-order chi connectivity index (χ0) is 10.5. The number of carbonyl (C=O) groups is 2. The van der Waals surface area contributed by atoms with Crippen molar-refractivity contribution in [2.24, 2.45) is 5.41 Å². The fraction of sp³-hybridized carbons (Fsp3) is 0.750. The molecule has 1 amide bonds. The third-order valence-corrected chi connectivity index (χ3v) is 2.42. The standard InChI is InChI=1S/C8H15NO3S/c1-8(2,5-13)7(11)9-4-6(10)12-3/h13H,4-5H2,1-3H3,(H,9,11). The van der Waals surface area contributed by atoms with Crippen LogP contribution in [-0.4, -0.2) is 31.3 Å².